The third-order valence-corrected chi connectivity index (χ3v) is 5.47. The fraction of sp³-hybridized carbons (Fsp3) is 0.941. The molecular weight excluding hydrogens is 264 g/mol. The number of rotatable bonds is 5. The molecule has 0 atom stereocenters. The zero-order chi connectivity index (χ0) is 15.3. The van der Waals surface area contributed by atoms with Gasteiger partial charge in [0.25, 0.3) is 0 Å². The maximum Gasteiger partial charge on any atom is 0.228 e. The first-order chi connectivity index (χ1) is 9.97. The van der Waals surface area contributed by atoms with Crippen LogP contribution in [0.4, 0.5) is 0 Å². The predicted molar refractivity (Wildman–Crippen MR) is 85.2 cm³/mol. The molecule has 0 unspecified atom stereocenters. The van der Waals surface area contributed by atoms with Crippen LogP contribution in [-0.4, -0.2) is 39.3 Å². The molecule has 1 aliphatic heterocycles. The zero-order valence-corrected chi connectivity index (χ0v) is 14.0. The van der Waals surface area contributed by atoms with Crippen LogP contribution in [-0.2, 0) is 9.53 Å². The number of methoxy groups -OCH3 is 1. The van der Waals surface area contributed by atoms with Crippen LogP contribution in [0.15, 0.2) is 0 Å². The number of carbonyl (C=O) groups excluding carboxylic acids is 1. The highest BCUT2D eigenvalue weighted by atomic mass is 16.5. The van der Waals surface area contributed by atoms with Crippen LogP contribution in [0.5, 0.6) is 0 Å². The van der Waals surface area contributed by atoms with Crippen LogP contribution in [0.1, 0.15) is 52.4 Å². The van der Waals surface area contributed by atoms with Gasteiger partial charge >= 0.3 is 0 Å². The Hall–Kier alpha value is -0.610. The number of piperidine rings is 1. The first-order valence-corrected chi connectivity index (χ1v) is 8.45. The quantitative estimate of drug-likeness (QED) is 0.819. The number of ether oxygens (including phenoxy) is 1. The number of nitrogens with one attached hydrogen (secondary N) is 2. The van der Waals surface area contributed by atoms with Crippen molar-refractivity contribution in [3.8, 4) is 0 Å². The molecule has 2 aliphatic rings. The van der Waals surface area contributed by atoms with Gasteiger partial charge < -0.3 is 15.4 Å². The molecule has 0 aromatic carbocycles. The van der Waals surface area contributed by atoms with Crippen LogP contribution >= 0.6 is 0 Å². The summed E-state index contributed by atoms with van der Waals surface area (Å²) in [5, 5.41) is 6.56. The van der Waals surface area contributed by atoms with Gasteiger partial charge in [-0.3, -0.25) is 4.79 Å². The molecule has 0 aromatic rings. The second-order valence-corrected chi connectivity index (χ2v) is 7.78. The minimum atomic E-state index is -0.312. The van der Waals surface area contributed by atoms with Crippen molar-refractivity contribution in [2.75, 3.05) is 33.4 Å². The summed E-state index contributed by atoms with van der Waals surface area (Å²) in [6, 6.07) is 0. The molecule has 2 fully saturated rings. The number of carbonyl (C=O) groups is 1. The monoisotopic (exact) mass is 296 g/mol. The molecule has 1 saturated carbocycles. The van der Waals surface area contributed by atoms with E-state index in [4.69, 9.17) is 4.74 Å². The van der Waals surface area contributed by atoms with Gasteiger partial charge in [0, 0.05) is 13.7 Å². The van der Waals surface area contributed by atoms with Crippen molar-refractivity contribution >= 4 is 5.91 Å². The Bertz CT molecular complexity index is 333. The summed E-state index contributed by atoms with van der Waals surface area (Å²) in [7, 11) is 1.69. The van der Waals surface area contributed by atoms with Crippen molar-refractivity contribution in [2.24, 2.45) is 16.7 Å². The van der Waals surface area contributed by atoms with E-state index in [0.717, 1.165) is 32.5 Å². The fourth-order valence-electron chi connectivity index (χ4n) is 3.71. The van der Waals surface area contributed by atoms with Gasteiger partial charge in [-0.1, -0.05) is 13.8 Å². The highest BCUT2D eigenvalue weighted by Gasteiger charge is 2.39. The largest absolute Gasteiger partial charge is 0.384 e. The molecule has 4 heteroatoms. The van der Waals surface area contributed by atoms with Gasteiger partial charge in [0.2, 0.25) is 5.91 Å². The third kappa shape index (κ3) is 4.43. The summed E-state index contributed by atoms with van der Waals surface area (Å²) in [6.45, 7) is 7.91. The van der Waals surface area contributed by atoms with Crippen molar-refractivity contribution in [1.82, 2.24) is 10.6 Å². The van der Waals surface area contributed by atoms with Gasteiger partial charge in [-0.2, -0.15) is 0 Å². The number of amides is 1. The van der Waals surface area contributed by atoms with Crippen LogP contribution < -0.4 is 10.6 Å². The van der Waals surface area contributed by atoms with E-state index in [1.54, 1.807) is 7.11 Å². The molecule has 0 radical (unpaired) electrons. The summed E-state index contributed by atoms with van der Waals surface area (Å²) in [5.41, 5.74) is 0.181. The average Bonchev–Trinajstić information content (AvgIpc) is 2.47. The van der Waals surface area contributed by atoms with E-state index in [1.807, 2.05) is 0 Å². The maximum absolute atomic E-state index is 12.7. The maximum atomic E-state index is 12.7. The zero-order valence-electron chi connectivity index (χ0n) is 14.0. The lowest BCUT2D eigenvalue weighted by Gasteiger charge is -2.37. The lowest BCUT2D eigenvalue weighted by Crippen LogP contribution is -2.51. The second-order valence-electron chi connectivity index (χ2n) is 7.78. The molecule has 122 valence electrons. The average molecular weight is 296 g/mol. The summed E-state index contributed by atoms with van der Waals surface area (Å²) >= 11 is 0. The van der Waals surface area contributed by atoms with Gasteiger partial charge in [-0.05, 0) is 62.9 Å². The van der Waals surface area contributed by atoms with Gasteiger partial charge in [-0.25, -0.2) is 0 Å². The number of hydrogen-bond acceptors (Lipinski definition) is 3. The molecule has 0 bridgehead atoms. The molecule has 4 nitrogen and oxygen atoms in total. The highest BCUT2D eigenvalue weighted by molar-refractivity contribution is 5.83. The molecule has 21 heavy (non-hydrogen) atoms. The third-order valence-electron chi connectivity index (χ3n) is 5.47. The van der Waals surface area contributed by atoms with Crippen LogP contribution in [0.2, 0.25) is 0 Å². The van der Waals surface area contributed by atoms with Crippen molar-refractivity contribution in [3.05, 3.63) is 0 Å². The summed E-state index contributed by atoms with van der Waals surface area (Å²) < 4.78 is 5.34. The van der Waals surface area contributed by atoms with E-state index >= 15 is 0 Å². The lowest BCUT2D eigenvalue weighted by atomic mass is 9.73. The molecular formula is C17H32N2O2. The molecule has 1 saturated heterocycles. The van der Waals surface area contributed by atoms with Gasteiger partial charge in [0.05, 0.1) is 12.0 Å². The molecule has 2 rings (SSSR count). The van der Waals surface area contributed by atoms with E-state index in [1.165, 1.54) is 25.7 Å². The molecule has 1 heterocycles. The Morgan fingerprint density at radius 2 is 1.81 bits per heavy atom. The predicted octanol–water partition coefficient (Wildman–Crippen LogP) is 2.34. The van der Waals surface area contributed by atoms with Crippen molar-refractivity contribution in [2.45, 2.75) is 52.4 Å². The van der Waals surface area contributed by atoms with Crippen LogP contribution in [0, 0.1) is 16.7 Å². The fourth-order valence-corrected chi connectivity index (χ4v) is 3.71. The SMILES string of the molecule is COCC1(C(=O)NCC2CCC(C)(C)CC2)CCNCC1. The van der Waals surface area contributed by atoms with Crippen molar-refractivity contribution in [1.29, 1.82) is 0 Å². The van der Waals surface area contributed by atoms with Crippen molar-refractivity contribution in [3.63, 3.8) is 0 Å². The molecule has 2 N–H and O–H groups in total. The van der Waals surface area contributed by atoms with Crippen LogP contribution in [0.25, 0.3) is 0 Å². The Balaban J connectivity index is 1.82. The highest BCUT2D eigenvalue weighted by Crippen LogP contribution is 2.38. The molecule has 0 aromatic heterocycles. The Labute approximate surface area is 129 Å². The normalized spacial score (nSPS) is 25.5. The molecule has 0 spiro atoms. The van der Waals surface area contributed by atoms with E-state index < -0.39 is 0 Å². The smallest absolute Gasteiger partial charge is 0.228 e. The summed E-state index contributed by atoms with van der Waals surface area (Å²) in [6.07, 6.45) is 6.80. The topological polar surface area (TPSA) is 50.4 Å². The Morgan fingerprint density at radius 1 is 1.19 bits per heavy atom. The minimum Gasteiger partial charge on any atom is -0.384 e. The minimum absolute atomic E-state index is 0.204. The molecule has 1 aliphatic carbocycles. The van der Waals surface area contributed by atoms with Crippen molar-refractivity contribution < 1.29 is 9.53 Å². The van der Waals surface area contributed by atoms with E-state index in [9.17, 15) is 4.79 Å². The first kappa shape index (κ1) is 16.8. The van der Waals surface area contributed by atoms with E-state index in [-0.39, 0.29) is 11.3 Å². The second kappa shape index (κ2) is 7.10. The Kier molecular flexibility index (Phi) is 5.67. The summed E-state index contributed by atoms with van der Waals surface area (Å²) in [4.78, 5) is 12.7. The summed E-state index contributed by atoms with van der Waals surface area (Å²) in [5.74, 6) is 0.860. The standard InChI is InChI=1S/C17H32N2O2/c1-16(2)6-4-14(5-7-16)12-19-15(20)17(13-21-3)8-10-18-11-9-17/h14,18H,4-13H2,1-3H3,(H,19,20). The van der Waals surface area contributed by atoms with Gasteiger partial charge in [0.15, 0.2) is 0 Å². The van der Waals surface area contributed by atoms with E-state index in [2.05, 4.69) is 24.5 Å². The van der Waals surface area contributed by atoms with Gasteiger partial charge in [0.1, 0.15) is 0 Å². The van der Waals surface area contributed by atoms with E-state index in [0.29, 0.717) is 17.9 Å². The molecule has 1 amide bonds. The number of hydrogen-bond donors (Lipinski definition) is 2. The Morgan fingerprint density at radius 3 is 2.38 bits per heavy atom. The van der Waals surface area contributed by atoms with Crippen LogP contribution in [0.3, 0.4) is 0 Å². The lowest BCUT2D eigenvalue weighted by molar-refractivity contribution is -0.136. The van der Waals surface area contributed by atoms with Gasteiger partial charge in [-0.15, -0.1) is 0 Å². The first-order valence-electron chi connectivity index (χ1n) is 8.45.